The molecule has 0 saturated carbocycles. The predicted octanol–water partition coefficient (Wildman–Crippen LogP) is 3.75. The second kappa shape index (κ2) is 7.89. The molecule has 28 heavy (non-hydrogen) atoms. The van der Waals surface area contributed by atoms with Crippen LogP contribution >= 0.6 is 0 Å². The van der Waals surface area contributed by atoms with Crippen LogP contribution in [0.1, 0.15) is 47.3 Å². The highest BCUT2D eigenvalue weighted by molar-refractivity contribution is 5.85. The first-order valence-corrected chi connectivity index (χ1v) is 9.66. The molecular formula is C23H25N3O2. The molecule has 0 saturated heterocycles. The quantitative estimate of drug-likeness (QED) is 0.739. The number of amides is 1. The summed E-state index contributed by atoms with van der Waals surface area (Å²) in [4.78, 5) is 17.8. The molecule has 5 heteroatoms. The third kappa shape index (κ3) is 3.52. The number of nitrogens with one attached hydrogen (secondary N) is 1. The SMILES string of the molecule is COc1cccc(C(NC(=O)C2CCCc3ccccc32)c2nccn2C)c1. The van der Waals surface area contributed by atoms with Gasteiger partial charge < -0.3 is 14.6 Å². The second-order valence-corrected chi connectivity index (χ2v) is 7.26. The molecule has 3 aromatic rings. The summed E-state index contributed by atoms with van der Waals surface area (Å²) in [6.07, 6.45) is 6.59. The Hall–Kier alpha value is -3.08. The van der Waals surface area contributed by atoms with Gasteiger partial charge in [0, 0.05) is 19.4 Å². The molecular weight excluding hydrogens is 350 g/mol. The molecule has 2 unspecified atom stereocenters. The van der Waals surface area contributed by atoms with Crippen molar-refractivity contribution in [2.45, 2.75) is 31.2 Å². The molecule has 0 spiro atoms. The summed E-state index contributed by atoms with van der Waals surface area (Å²) in [7, 11) is 3.59. The molecule has 0 fully saturated rings. The first kappa shape index (κ1) is 18.3. The molecule has 1 aliphatic carbocycles. The fourth-order valence-corrected chi connectivity index (χ4v) is 4.04. The number of benzene rings is 2. The molecule has 1 aromatic heterocycles. The van der Waals surface area contributed by atoms with Crippen molar-refractivity contribution < 1.29 is 9.53 Å². The zero-order valence-electron chi connectivity index (χ0n) is 16.3. The summed E-state index contributed by atoms with van der Waals surface area (Å²) in [5.74, 6) is 1.47. The van der Waals surface area contributed by atoms with E-state index in [0.29, 0.717) is 0 Å². The van der Waals surface area contributed by atoms with E-state index >= 15 is 0 Å². The highest BCUT2D eigenvalue weighted by Crippen LogP contribution is 2.33. The van der Waals surface area contributed by atoms with Crippen molar-refractivity contribution in [3.8, 4) is 5.75 Å². The molecule has 0 bridgehead atoms. The second-order valence-electron chi connectivity index (χ2n) is 7.26. The van der Waals surface area contributed by atoms with Crippen LogP contribution in [0.2, 0.25) is 0 Å². The predicted molar refractivity (Wildman–Crippen MR) is 108 cm³/mol. The van der Waals surface area contributed by atoms with E-state index in [0.717, 1.165) is 42.0 Å². The van der Waals surface area contributed by atoms with E-state index in [-0.39, 0.29) is 17.9 Å². The van der Waals surface area contributed by atoms with Gasteiger partial charge in [-0.2, -0.15) is 0 Å². The molecule has 2 aromatic carbocycles. The largest absolute Gasteiger partial charge is 0.497 e. The molecule has 5 nitrogen and oxygen atoms in total. The Morgan fingerprint density at radius 3 is 2.89 bits per heavy atom. The lowest BCUT2D eigenvalue weighted by atomic mass is 9.82. The average Bonchev–Trinajstić information content (AvgIpc) is 3.17. The number of hydrogen-bond acceptors (Lipinski definition) is 3. The minimum absolute atomic E-state index is 0.0444. The van der Waals surface area contributed by atoms with E-state index in [2.05, 4.69) is 22.4 Å². The van der Waals surface area contributed by atoms with Crippen molar-refractivity contribution in [3.63, 3.8) is 0 Å². The van der Waals surface area contributed by atoms with Crippen LogP contribution in [0.3, 0.4) is 0 Å². The van der Waals surface area contributed by atoms with Gasteiger partial charge in [0.05, 0.1) is 13.0 Å². The van der Waals surface area contributed by atoms with Crippen LogP contribution in [0.25, 0.3) is 0 Å². The lowest BCUT2D eigenvalue weighted by Crippen LogP contribution is -2.36. The van der Waals surface area contributed by atoms with E-state index in [1.54, 1.807) is 13.3 Å². The van der Waals surface area contributed by atoms with Crippen molar-refractivity contribution in [2.24, 2.45) is 7.05 Å². The van der Waals surface area contributed by atoms with Crippen molar-refractivity contribution in [1.82, 2.24) is 14.9 Å². The van der Waals surface area contributed by atoms with Gasteiger partial charge in [-0.05, 0) is 48.1 Å². The van der Waals surface area contributed by atoms with Crippen molar-refractivity contribution in [2.75, 3.05) is 7.11 Å². The average molecular weight is 375 g/mol. The number of imidazole rings is 1. The van der Waals surface area contributed by atoms with E-state index in [9.17, 15) is 4.79 Å². The van der Waals surface area contributed by atoms with E-state index in [1.807, 2.05) is 54.2 Å². The fraction of sp³-hybridized carbons (Fsp3) is 0.304. The number of carbonyl (C=O) groups is 1. The summed E-state index contributed by atoms with van der Waals surface area (Å²) in [6.45, 7) is 0. The van der Waals surface area contributed by atoms with Gasteiger partial charge in [-0.1, -0.05) is 36.4 Å². The van der Waals surface area contributed by atoms with Crippen LogP contribution in [0.4, 0.5) is 0 Å². The minimum Gasteiger partial charge on any atom is -0.497 e. The lowest BCUT2D eigenvalue weighted by Gasteiger charge is -2.27. The van der Waals surface area contributed by atoms with Gasteiger partial charge in [0.15, 0.2) is 0 Å². The smallest absolute Gasteiger partial charge is 0.228 e. The highest BCUT2D eigenvalue weighted by Gasteiger charge is 2.29. The molecule has 1 amide bonds. The number of aryl methyl sites for hydroxylation is 2. The minimum atomic E-state index is -0.336. The van der Waals surface area contributed by atoms with E-state index < -0.39 is 0 Å². The normalized spacial score (nSPS) is 16.9. The summed E-state index contributed by atoms with van der Waals surface area (Å²) < 4.78 is 7.32. The molecule has 0 aliphatic heterocycles. The number of nitrogens with zero attached hydrogens (tertiary/aromatic N) is 2. The van der Waals surface area contributed by atoms with Gasteiger partial charge in [0.1, 0.15) is 17.6 Å². The standard InChI is InChI=1S/C23H25N3O2/c1-26-14-13-24-22(26)21(17-9-5-10-18(15-17)28-2)25-23(27)20-12-6-8-16-7-3-4-11-19(16)20/h3-5,7,9-11,13-15,20-21H,6,8,12H2,1-2H3,(H,25,27). The maximum absolute atomic E-state index is 13.3. The highest BCUT2D eigenvalue weighted by atomic mass is 16.5. The molecule has 1 heterocycles. The Labute approximate surface area is 165 Å². The summed E-state index contributed by atoms with van der Waals surface area (Å²) in [5, 5.41) is 3.26. The van der Waals surface area contributed by atoms with Crippen LogP contribution in [0, 0.1) is 0 Å². The molecule has 1 N–H and O–H groups in total. The van der Waals surface area contributed by atoms with Crippen molar-refractivity contribution in [1.29, 1.82) is 0 Å². The maximum atomic E-state index is 13.3. The fourth-order valence-electron chi connectivity index (χ4n) is 4.04. The zero-order valence-corrected chi connectivity index (χ0v) is 16.3. The Morgan fingerprint density at radius 2 is 2.11 bits per heavy atom. The Balaban J connectivity index is 1.67. The first-order valence-electron chi connectivity index (χ1n) is 9.66. The third-order valence-electron chi connectivity index (χ3n) is 5.52. The van der Waals surface area contributed by atoms with Crippen LogP contribution in [-0.4, -0.2) is 22.6 Å². The lowest BCUT2D eigenvalue weighted by molar-refractivity contribution is -0.123. The first-order chi connectivity index (χ1) is 13.7. The van der Waals surface area contributed by atoms with E-state index in [1.165, 1.54) is 5.56 Å². The van der Waals surface area contributed by atoms with Crippen LogP contribution in [-0.2, 0) is 18.3 Å². The van der Waals surface area contributed by atoms with Gasteiger partial charge in [-0.25, -0.2) is 4.98 Å². The number of hydrogen-bond donors (Lipinski definition) is 1. The maximum Gasteiger partial charge on any atom is 0.228 e. The van der Waals surface area contributed by atoms with Crippen molar-refractivity contribution in [3.05, 3.63) is 83.4 Å². The van der Waals surface area contributed by atoms with Crippen molar-refractivity contribution >= 4 is 5.91 Å². The topological polar surface area (TPSA) is 56.1 Å². The summed E-state index contributed by atoms with van der Waals surface area (Å²) in [6, 6.07) is 15.7. The van der Waals surface area contributed by atoms with Gasteiger partial charge >= 0.3 is 0 Å². The molecule has 4 rings (SSSR count). The molecule has 144 valence electrons. The van der Waals surface area contributed by atoms with Crippen LogP contribution < -0.4 is 10.1 Å². The number of aromatic nitrogens is 2. The number of methoxy groups -OCH3 is 1. The summed E-state index contributed by atoms with van der Waals surface area (Å²) in [5.41, 5.74) is 3.38. The van der Waals surface area contributed by atoms with Gasteiger partial charge in [-0.15, -0.1) is 0 Å². The van der Waals surface area contributed by atoms with Crippen LogP contribution in [0.15, 0.2) is 60.9 Å². The molecule has 0 radical (unpaired) electrons. The Morgan fingerprint density at radius 1 is 1.25 bits per heavy atom. The monoisotopic (exact) mass is 375 g/mol. The van der Waals surface area contributed by atoms with Gasteiger partial charge in [0.2, 0.25) is 5.91 Å². The summed E-state index contributed by atoms with van der Waals surface area (Å²) >= 11 is 0. The Bertz CT molecular complexity index is 979. The third-order valence-corrected chi connectivity index (χ3v) is 5.52. The number of fused-ring (bicyclic) bond motifs is 1. The number of carbonyl (C=O) groups excluding carboxylic acids is 1. The molecule has 1 aliphatic rings. The number of rotatable bonds is 5. The molecule has 2 atom stereocenters. The number of ether oxygens (including phenoxy) is 1. The van der Waals surface area contributed by atoms with Gasteiger partial charge in [-0.3, -0.25) is 4.79 Å². The Kier molecular flexibility index (Phi) is 5.15. The van der Waals surface area contributed by atoms with Crippen LogP contribution in [0.5, 0.6) is 5.75 Å². The zero-order chi connectivity index (χ0) is 19.5. The van der Waals surface area contributed by atoms with E-state index in [4.69, 9.17) is 4.74 Å². The van der Waals surface area contributed by atoms with Gasteiger partial charge in [0.25, 0.3) is 0 Å².